The van der Waals surface area contributed by atoms with Crippen LogP contribution in [0.5, 0.6) is 0 Å². The van der Waals surface area contributed by atoms with Gasteiger partial charge in [0.2, 0.25) is 0 Å². The standard InChI is InChI=1S/C16H28O/c1-5-16(10-17)9-13(16)7-11-6-12-8-15(12,4)14(11,2)3/h11-13,17H,5-10H2,1-4H3. The smallest absolute Gasteiger partial charge is 0.0490 e. The Morgan fingerprint density at radius 3 is 2.24 bits per heavy atom. The largest absolute Gasteiger partial charge is 0.396 e. The van der Waals surface area contributed by atoms with E-state index in [4.69, 9.17) is 0 Å². The van der Waals surface area contributed by atoms with Gasteiger partial charge >= 0.3 is 0 Å². The molecule has 0 aromatic rings. The molecule has 0 radical (unpaired) electrons. The maximum absolute atomic E-state index is 9.54. The molecule has 3 rings (SSSR count). The first-order valence-electron chi connectivity index (χ1n) is 7.50. The van der Waals surface area contributed by atoms with E-state index in [1.54, 1.807) is 0 Å². The molecule has 98 valence electrons. The van der Waals surface area contributed by atoms with Crippen molar-refractivity contribution in [3.63, 3.8) is 0 Å². The minimum atomic E-state index is 0.323. The highest BCUT2D eigenvalue weighted by atomic mass is 16.3. The lowest BCUT2D eigenvalue weighted by atomic mass is 9.69. The van der Waals surface area contributed by atoms with Gasteiger partial charge in [-0.15, -0.1) is 0 Å². The molecular formula is C16H28O. The van der Waals surface area contributed by atoms with Gasteiger partial charge in [-0.1, -0.05) is 27.7 Å². The van der Waals surface area contributed by atoms with E-state index in [1.165, 1.54) is 32.1 Å². The van der Waals surface area contributed by atoms with Gasteiger partial charge in [0.1, 0.15) is 0 Å². The Bertz CT molecular complexity index is 328. The highest BCUT2D eigenvalue weighted by Crippen LogP contribution is 2.75. The second-order valence-electron chi connectivity index (χ2n) is 7.98. The van der Waals surface area contributed by atoms with Crippen LogP contribution in [0.1, 0.15) is 59.8 Å². The lowest BCUT2D eigenvalue weighted by Gasteiger charge is -2.36. The molecule has 0 saturated heterocycles. The monoisotopic (exact) mass is 236 g/mol. The molecule has 3 aliphatic carbocycles. The molecule has 17 heavy (non-hydrogen) atoms. The maximum Gasteiger partial charge on any atom is 0.0490 e. The molecule has 0 heterocycles. The third-order valence-corrected chi connectivity index (χ3v) is 7.42. The number of hydrogen-bond acceptors (Lipinski definition) is 1. The number of aliphatic hydroxyl groups excluding tert-OH is 1. The molecule has 5 unspecified atom stereocenters. The molecule has 1 nitrogen and oxygen atoms in total. The van der Waals surface area contributed by atoms with E-state index in [1.807, 2.05) is 0 Å². The van der Waals surface area contributed by atoms with Gasteiger partial charge in [0.15, 0.2) is 0 Å². The molecular weight excluding hydrogens is 208 g/mol. The van der Waals surface area contributed by atoms with Crippen molar-refractivity contribution in [2.24, 2.45) is 34.0 Å². The summed E-state index contributed by atoms with van der Waals surface area (Å²) in [5.41, 5.74) is 1.51. The lowest BCUT2D eigenvalue weighted by Crippen LogP contribution is -2.28. The van der Waals surface area contributed by atoms with Gasteiger partial charge < -0.3 is 5.11 Å². The zero-order chi connectivity index (χ0) is 12.5. The fourth-order valence-corrected chi connectivity index (χ4v) is 4.93. The van der Waals surface area contributed by atoms with Gasteiger partial charge in [-0.25, -0.2) is 0 Å². The molecule has 1 N–H and O–H groups in total. The first kappa shape index (κ1) is 12.0. The van der Waals surface area contributed by atoms with Gasteiger partial charge in [-0.05, 0) is 66.1 Å². The molecule has 3 fully saturated rings. The predicted molar refractivity (Wildman–Crippen MR) is 70.6 cm³/mol. The quantitative estimate of drug-likeness (QED) is 0.786. The zero-order valence-electron chi connectivity index (χ0n) is 11.9. The van der Waals surface area contributed by atoms with Crippen LogP contribution in [0.2, 0.25) is 0 Å². The first-order chi connectivity index (χ1) is 7.89. The lowest BCUT2D eigenvalue weighted by molar-refractivity contribution is 0.123. The van der Waals surface area contributed by atoms with Gasteiger partial charge in [-0.2, -0.15) is 0 Å². The number of fused-ring (bicyclic) bond motifs is 1. The van der Waals surface area contributed by atoms with Crippen molar-refractivity contribution in [1.82, 2.24) is 0 Å². The van der Waals surface area contributed by atoms with Crippen LogP contribution in [0.3, 0.4) is 0 Å². The van der Waals surface area contributed by atoms with Crippen LogP contribution in [-0.4, -0.2) is 11.7 Å². The molecule has 0 bridgehead atoms. The SMILES string of the molecule is CCC1(CO)CC1CC1CC2CC2(C)C1(C)C. The molecule has 0 aliphatic heterocycles. The Kier molecular flexibility index (Phi) is 2.32. The van der Waals surface area contributed by atoms with Crippen molar-refractivity contribution in [2.75, 3.05) is 6.61 Å². The molecule has 3 saturated carbocycles. The molecule has 5 atom stereocenters. The van der Waals surface area contributed by atoms with Crippen LogP contribution in [0.4, 0.5) is 0 Å². The zero-order valence-corrected chi connectivity index (χ0v) is 11.9. The maximum atomic E-state index is 9.54. The van der Waals surface area contributed by atoms with Gasteiger partial charge in [0, 0.05) is 6.61 Å². The highest BCUT2D eigenvalue weighted by Gasteiger charge is 2.68. The van der Waals surface area contributed by atoms with E-state index in [-0.39, 0.29) is 0 Å². The number of rotatable bonds is 4. The predicted octanol–water partition coefficient (Wildman–Crippen LogP) is 3.86. The summed E-state index contributed by atoms with van der Waals surface area (Å²) in [5, 5.41) is 9.54. The minimum Gasteiger partial charge on any atom is -0.396 e. The Morgan fingerprint density at radius 2 is 1.82 bits per heavy atom. The van der Waals surface area contributed by atoms with Gasteiger partial charge in [0.25, 0.3) is 0 Å². The summed E-state index contributed by atoms with van der Waals surface area (Å²) >= 11 is 0. The third kappa shape index (κ3) is 1.41. The molecule has 3 aliphatic rings. The van der Waals surface area contributed by atoms with Crippen molar-refractivity contribution in [1.29, 1.82) is 0 Å². The van der Waals surface area contributed by atoms with Crippen LogP contribution in [0.15, 0.2) is 0 Å². The highest BCUT2D eigenvalue weighted by molar-refractivity contribution is 5.17. The first-order valence-corrected chi connectivity index (χ1v) is 7.50. The topological polar surface area (TPSA) is 20.2 Å². The normalized spacial score (nSPS) is 54.5. The molecule has 0 aromatic heterocycles. The van der Waals surface area contributed by atoms with Crippen LogP contribution < -0.4 is 0 Å². The summed E-state index contributed by atoms with van der Waals surface area (Å²) in [7, 11) is 0. The van der Waals surface area contributed by atoms with E-state index < -0.39 is 0 Å². The molecule has 1 heteroatoms. The Labute approximate surface area is 106 Å². The van der Waals surface area contributed by atoms with Crippen molar-refractivity contribution >= 4 is 0 Å². The van der Waals surface area contributed by atoms with Crippen LogP contribution in [0, 0.1) is 34.0 Å². The van der Waals surface area contributed by atoms with E-state index >= 15 is 0 Å². The van der Waals surface area contributed by atoms with Crippen molar-refractivity contribution in [2.45, 2.75) is 59.8 Å². The van der Waals surface area contributed by atoms with Crippen molar-refractivity contribution < 1.29 is 5.11 Å². The average molecular weight is 236 g/mol. The fraction of sp³-hybridized carbons (Fsp3) is 1.00. The van der Waals surface area contributed by atoms with E-state index in [0.29, 0.717) is 22.9 Å². The molecule has 0 aromatic carbocycles. The molecule has 0 spiro atoms. The number of hydrogen-bond donors (Lipinski definition) is 1. The Balaban J connectivity index is 1.65. The summed E-state index contributed by atoms with van der Waals surface area (Å²) < 4.78 is 0. The summed E-state index contributed by atoms with van der Waals surface area (Å²) in [6.45, 7) is 10.2. The average Bonchev–Trinajstić information content (AvgIpc) is 3.13. The summed E-state index contributed by atoms with van der Waals surface area (Å²) in [6, 6.07) is 0. The summed E-state index contributed by atoms with van der Waals surface area (Å²) in [6.07, 6.45) is 6.77. The van der Waals surface area contributed by atoms with E-state index in [0.717, 1.165) is 17.8 Å². The Hall–Kier alpha value is -0.0400. The fourth-order valence-electron chi connectivity index (χ4n) is 4.93. The van der Waals surface area contributed by atoms with Crippen LogP contribution in [0.25, 0.3) is 0 Å². The van der Waals surface area contributed by atoms with Gasteiger partial charge in [0.05, 0.1) is 0 Å². The van der Waals surface area contributed by atoms with Crippen LogP contribution >= 0.6 is 0 Å². The summed E-state index contributed by atoms with van der Waals surface area (Å²) in [4.78, 5) is 0. The van der Waals surface area contributed by atoms with Crippen LogP contribution in [-0.2, 0) is 0 Å². The minimum absolute atomic E-state index is 0.323. The second kappa shape index (κ2) is 3.29. The van der Waals surface area contributed by atoms with E-state index in [9.17, 15) is 5.11 Å². The summed E-state index contributed by atoms with van der Waals surface area (Å²) in [5.74, 6) is 2.76. The third-order valence-electron chi connectivity index (χ3n) is 7.42. The van der Waals surface area contributed by atoms with E-state index in [2.05, 4.69) is 27.7 Å². The van der Waals surface area contributed by atoms with Crippen molar-refractivity contribution in [3.8, 4) is 0 Å². The van der Waals surface area contributed by atoms with Crippen molar-refractivity contribution in [3.05, 3.63) is 0 Å². The number of aliphatic hydroxyl groups is 1. The van der Waals surface area contributed by atoms with Gasteiger partial charge in [-0.3, -0.25) is 0 Å². The Morgan fingerprint density at radius 1 is 1.12 bits per heavy atom. The molecule has 0 amide bonds. The second-order valence-corrected chi connectivity index (χ2v) is 7.98.